The highest BCUT2D eigenvalue weighted by atomic mass is 32.1. The van der Waals surface area contributed by atoms with Crippen LogP contribution in [0.4, 0.5) is 0 Å². The van der Waals surface area contributed by atoms with Crippen molar-refractivity contribution >= 4 is 12.6 Å². The van der Waals surface area contributed by atoms with Gasteiger partial charge < -0.3 is 0 Å². The second-order valence-corrected chi connectivity index (χ2v) is 9.60. The molecule has 0 aromatic heterocycles. The van der Waals surface area contributed by atoms with Crippen LogP contribution in [0.3, 0.4) is 0 Å². The van der Waals surface area contributed by atoms with Gasteiger partial charge in [-0.05, 0) is 12.2 Å². The Morgan fingerprint density at radius 2 is 0.448 bits per heavy atom. The smallest absolute Gasteiger partial charge is 0.00979 e. The molecule has 0 aromatic carbocycles. The molecule has 0 N–H and O–H groups in total. The van der Waals surface area contributed by atoms with Gasteiger partial charge in [-0.15, -0.1) is 0 Å². The zero-order chi connectivity index (χ0) is 21.7. The van der Waals surface area contributed by atoms with Crippen molar-refractivity contribution in [1.82, 2.24) is 0 Å². The molecule has 0 heterocycles. The fourth-order valence-electron chi connectivity index (χ4n) is 3.87. The van der Waals surface area contributed by atoms with Crippen LogP contribution in [0, 0.1) is 0 Å². The first-order chi connectivity index (χ1) is 14.3. The van der Waals surface area contributed by atoms with Gasteiger partial charge in [0.2, 0.25) is 0 Å². The Morgan fingerprint density at radius 3 is 0.621 bits per heavy atom. The van der Waals surface area contributed by atoms with E-state index in [1.54, 1.807) is 0 Å². The van der Waals surface area contributed by atoms with Gasteiger partial charge in [-0.25, -0.2) is 0 Å². The lowest BCUT2D eigenvalue weighted by Gasteiger charge is -2.03. The number of rotatable bonds is 23. The van der Waals surface area contributed by atoms with Crippen LogP contribution in [-0.4, -0.2) is 5.75 Å². The third kappa shape index (κ3) is 36.1. The molecule has 0 saturated heterocycles. The third-order valence-electron chi connectivity index (χ3n) is 5.97. The van der Waals surface area contributed by atoms with E-state index in [1.165, 1.54) is 154 Å². The molecule has 0 nitrogen and oxygen atoms in total. The quantitative estimate of drug-likeness (QED) is 0.121. The van der Waals surface area contributed by atoms with E-state index in [0.717, 1.165) is 5.75 Å². The van der Waals surface area contributed by atoms with Crippen molar-refractivity contribution in [3.05, 3.63) is 0 Å². The van der Waals surface area contributed by atoms with E-state index in [9.17, 15) is 0 Å². The van der Waals surface area contributed by atoms with Gasteiger partial charge in [0.25, 0.3) is 0 Å². The maximum absolute atomic E-state index is 4.24. The minimum atomic E-state index is 1.07. The van der Waals surface area contributed by atoms with E-state index >= 15 is 0 Å². The van der Waals surface area contributed by atoms with E-state index in [0.29, 0.717) is 0 Å². The molecule has 0 amide bonds. The summed E-state index contributed by atoms with van der Waals surface area (Å²) in [5, 5.41) is 0. The Labute approximate surface area is 193 Å². The topological polar surface area (TPSA) is 0 Å². The van der Waals surface area contributed by atoms with Gasteiger partial charge in [0.05, 0.1) is 0 Å². The number of unbranched alkanes of at least 4 members (excludes halogenated alkanes) is 22. The SMILES string of the molecule is CCCCCCCCCC.CCCCCCCCCCCCCCCCCCS. The first-order valence-corrected chi connectivity index (χ1v) is 14.6. The summed E-state index contributed by atoms with van der Waals surface area (Å²) in [5.41, 5.74) is 0. The highest BCUT2D eigenvalue weighted by molar-refractivity contribution is 7.80. The van der Waals surface area contributed by atoms with Gasteiger partial charge in [-0.1, -0.05) is 168 Å². The molecule has 0 aromatic rings. The van der Waals surface area contributed by atoms with Crippen LogP contribution in [0.5, 0.6) is 0 Å². The molecule has 29 heavy (non-hydrogen) atoms. The summed E-state index contributed by atoms with van der Waals surface area (Å²) < 4.78 is 0. The third-order valence-corrected chi connectivity index (χ3v) is 6.29. The maximum Gasteiger partial charge on any atom is -0.00979 e. The van der Waals surface area contributed by atoms with Gasteiger partial charge in [0.15, 0.2) is 0 Å². The molecule has 0 rings (SSSR count). The molecular weight excluding hydrogens is 368 g/mol. The maximum atomic E-state index is 4.24. The molecule has 0 saturated carbocycles. The Bertz CT molecular complexity index is 214. The summed E-state index contributed by atoms with van der Waals surface area (Å²) in [5.74, 6) is 1.07. The standard InChI is InChI=1S/C18H38S.C10H22/c1-2-3-4-5-6-7-8-9-10-11-12-13-14-15-16-17-18-19;1-3-5-7-9-10-8-6-4-2/h19H,2-18H2,1H3;3-10H2,1-2H3. The fourth-order valence-corrected chi connectivity index (χ4v) is 4.09. The van der Waals surface area contributed by atoms with Crippen LogP contribution < -0.4 is 0 Å². The zero-order valence-corrected chi connectivity index (χ0v) is 22.0. The molecule has 0 atom stereocenters. The van der Waals surface area contributed by atoms with Crippen molar-refractivity contribution in [3.8, 4) is 0 Å². The molecular formula is C28H60S. The minimum Gasteiger partial charge on any atom is -0.179 e. The molecule has 0 bridgehead atoms. The molecule has 0 spiro atoms. The van der Waals surface area contributed by atoms with Crippen molar-refractivity contribution in [3.63, 3.8) is 0 Å². The number of thiol groups is 1. The molecule has 0 unspecified atom stereocenters. The Kier molecular flexibility index (Phi) is 35.9. The van der Waals surface area contributed by atoms with Gasteiger partial charge in [0.1, 0.15) is 0 Å². The Balaban J connectivity index is 0. The predicted molar refractivity (Wildman–Crippen MR) is 142 cm³/mol. The summed E-state index contributed by atoms with van der Waals surface area (Å²) in [6.45, 7) is 6.83. The van der Waals surface area contributed by atoms with Crippen LogP contribution in [0.25, 0.3) is 0 Å². The van der Waals surface area contributed by atoms with Gasteiger partial charge >= 0.3 is 0 Å². The molecule has 1 heteroatoms. The van der Waals surface area contributed by atoms with Crippen molar-refractivity contribution in [2.75, 3.05) is 5.75 Å². The molecule has 178 valence electrons. The first-order valence-electron chi connectivity index (χ1n) is 13.9. The fraction of sp³-hybridized carbons (Fsp3) is 1.00. The van der Waals surface area contributed by atoms with E-state index < -0.39 is 0 Å². The Morgan fingerprint density at radius 1 is 0.276 bits per heavy atom. The van der Waals surface area contributed by atoms with Crippen molar-refractivity contribution in [2.45, 2.75) is 175 Å². The van der Waals surface area contributed by atoms with E-state index in [1.807, 2.05) is 0 Å². The predicted octanol–water partition coefficient (Wildman–Crippen LogP) is 11.3. The van der Waals surface area contributed by atoms with Gasteiger partial charge in [-0.2, -0.15) is 12.6 Å². The van der Waals surface area contributed by atoms with E-state index in [2.05, 4.69) is 33.4 Å². The minimum absolute atomic E-state index is 1.07. The largest absolute Gasteiger partial charge is 0.179 e. The zero-order valence-electron chi connectivity index (χ0n) is 21.1. The molecule has 0 aliphatic rings. The normalized spacial score (nSPS) is 10.8. The average Bonchev–Trinajstić information content (AvgIpc) is 2.74. The van der Waals surface area contributed by atoms with E-state index in [-0.39, 0.29) is 0 Å². The second kappa shape index (κ2) is 33.0. The van der Waals surface area contributed by atoms with Crippen LogP contribution in [-0.2, 0) is 0 Å². The van der Waals surface area contributed by atoms with Crippen LogP contribution in [0.2, 0.25) is 0 Å². The van der Waals surface area contributed by atoms with Gasteiger partial charge in [0, 0.05) is 0 Å². The van der Waals surface area contributed by atoms with Gasteiger partial charge in [-0.3, -0.25) is 0 Å². The van der Waals surface area contributed by atoms with Crippen molar-refractivity contribution in [2.24, 2.45) is 0 Å². The Hall–Kier alpha value is 0.350. The summed E-state index contributed by atoms with van der Waals surface area (Å²) in [4.78, 5) is 0. The molecule has 0 fully saturated rings. The van der Waals surface area contributed by atoms with Crippen LogP contribution in [0.15, 0.2) is 0 Å². The average molecular weight is 429 g/mol. The first kappa shape index (κ1) is 31.5. The van der Waals surface area contributed by atoms with Crippen molar-refractivity contribution in [1.29, 1.82) is 0 Å². The number of hydrogen-bond acceptors (Lipinski definition) is 1. The molecule has 0 aliphatic heterocycles. The van der Waals surface area contributed by atoms with E-state index in [4.69, 9.17) is 0 Å². The molecule has 0 aliphatic carbocycles. The summed E-state index contributed by atoms with van der Waals surface area (Å²) >= 11 is 4.24. The van der Waals surface area contributed by atoms with Crippen LogP contribution >= 0.6 is 12.6 Å². The highest BCUT2D eigenvalue weighted by Crippen LogP contribution is 2.13. The number of hydrogen-bond donors (Lipinski definition) is 1. The van der Waals surface area contributed by atoms with Crippen LogP contribution in [0.1, 0.15) is 175 Å². The lowest BCUT2D eigenvalue weighted by Crippen LogP contribution is -1.83. The summed E-state index contributed by atoms with van der Waals surface area (Å²) in [6, 6.07) is 0. The van der Waals surface area contributed by atoms with Crippen molar-refractivity contribution < 1.29 is 0 Å². The summed E-state index contributed by atoms with van der Waals surface area (Å²) in [6.07, 6.45) is 34.6. The second-order valence-electron chi connectivity index (χ2n) is 9.15. The lowest BCUT2D eigenvalue weighted by atomic mass is 10.0. The highest BCUT2D eigenvalue weighted by Gasteiger charge is 1.94. The monoisotopic (exact) mass is 428 g/mol. The summed E-state index contributed by atoms with van der Waals surface area (Å²) in [7, 11) is 0. The molecule has 0 radical (unpaired) electrons. The lowest BCUT2D eigenvalue weighted by molar-refractivity contribution is 0.532.